The molecule has 0 amide bonds. The molecule has 0 aromatic heterocycles. The van der Waals surface area contributed by atoms with Gasteiger partial charge in [0.1, 0.15) is 5.75 Å². The first-order chi connectivity index (χ1) is 11.9. The first-order valence-corrected chi connectivity index (χ1v) is 10.1. The standard InChI is InChI=1S/C20H25NO3S/c1-5-16-10-11-21(18-12-15(3)13-19(24-4)20(16)18)25(22,23)17-8-6-14(2)7-9-17/h6-9,12-13,16H,5,10-11H2,1-4H3/t16-/m1/s1. The molecule has 1 aliphatic rings. The smallest absolute Gasteiger partial charge is 0.264 e. The lowest BCUT2D eigenvalue weighted by Crippen LogP contribution is -2.37. The van der Waals surface area contributed by atoms with E-state index < -0.39 is 10.0 Å². The van der Waals surface area contributed by atoms with Gasteiger partial charge in [-0.05, 0) is 62.4 Å². The zero-order valence-corrected chi connectivity index (χ0v) is 16.1. The minimum absolute atomic E-state index is 0.315. The number of benzene rings is 2. The highest BCUT2D eigenvalue weighted by molar-refractivity contribution is 7.92. The molecule has 5 heteroatoms. The van der Waals surface area contributed by atoms with Crippen LogP contribution in [0.5, 0.6) is 5.75 Å². The maximum absolute atomic E-state index is 13.3. The Kier molecular flexibility index (Phi) is 4.78. The van der Waals surface area contributed by atoms with Crippen LogP contribution in [0.15, 0.2) is 41.3 Å². The van der Waals surface area contributed by atoms with E-state index >= 15 is 0 Å². The monoisotopic (exact) mass is 359 g/mol. The maximum Gasteiger partial charge on any atom is 0.264 e. The van der Waals surface area contributed by atoms with Gasteiger partial charge in [0.25, 0.3) is 10.0 Å². The third-order valence-electron chi connectivity index (χ3n) is 4.94. The van der Waals surface area contributed by atoms with Crippen molar-refractivity contribution in [2.75, 3.05) is 18.0 Å². The summed E-state index contributed by atoms with van der Waals surface area (Å²) < 4.78 is 33.6. The Balaban J connectivity index is 2.17. The van der Waals surface area contributed by atoms with Crippen LogP contribution in [0.25, 0.3) is 0 Å². The van der Waals surface area contributed by atoms with E-state index in [1.807, 2.05) is 38.1 Å². The highest BCUT2D eigenvalue weighted by atomic mass is 32.2. The molecule has 3 rings (SSSR count). The Morgan fingerprint density at radius 1 is 1.12 bits per heavy atom. The summed E-state index contributed by atoms with van der Waals surface area (Å²) in [5, 5.41) is 0. The van der Waals surface area contributed by atoms with Gasteiger partial charge in [0, 0.05) is 12.1 Å². The fraction of sp³-hybridized carbons (Fsp3) is 0.400. The van der Waals surface area contributed by atoms with Crippen LogP contribution in [0.3, 0.4) is 0 Å². The largest absolute Gasteiger partial charge is 0.496 e. The number of anilines is 1. The second-order valence-corrected chi connectivity index (χ2v) is 8.55. The predicted octanol–water partition coefficient (Wildman–Crippen LogP) is 4.40. The number of hydrogen-bond acceptors (Lipinski definition) is 3. The second kappa shape index (κ2) is 6.71. The van der Waals surface area contributed by atoms with E-state index in [0.29, 0.717) is 17.4 Å². The van der Waals surface area contributed by atoms with Gasteiger partial charge in [0.05, 0.1) is 17.7 Å². The van der Waals surface area contributed by atoms with Crippen LogP contribution < -0.4 is 9.04 Å². The van der Waals surface area contributed by atoms with Crippen molar-refractivity contribution in [1.82, 2.24) is 0 Å². The van der Waals surface area contributed by atoms with Gasteiger partial charge in [-0.15, -0.1) is 0 Å². The minimum Gasteiger partial charge on any atom is -0.496 e. The molecule has 0 N–H and O–H groups in total. The average molecular weight is 359 g/mol. The zero-order chi connectivity index (χ0) is 18.2. The molecule has 1 heterocycles. The third-order valence-corrected chi connectivity index (χ3v) is 6.77. The molecule has 1 aliphatic heterocycles. The molecule has 1 atom stereocenters. The SMILES string of the molecule is CC[C@@H]1CCN(S(=O)(=O)c2ccc(C)cc2)c2cc(C)cc(OC)c21. The Morgan fingerprint density at radius 3 is 2.40 bits per heavy atom. The lowest BCUT2D eigenvalue weighted by molar-refractivity contribution is 0.400. The molecule has 134 valence electrons. The molecule has 0 bridgehead atoms. The molecule has 25 heavy (non-hydrogen) atoms. The molecule has 4 nitrogen and oxygen atoms in total. The fourth-order valence-electron chi connectivity index (χ4n) is 3.56. The molecule has 0 saturated heterocycles. The van der Waals surface area contributed by atoms with E-state index in [-0.39, 0.29) is 0 Å². The summed E-state index contributed by atoms with van der Waals surface area (Å²) in [6, 6.07) is 11.0. The second-order valence-electron chi connectivity index (χ2n) is 6.68. The summed E-state index contributed by atoms with van der Waals surface area (Å²) in [7, 11) is -1.94. The molecular formula is C20H25NO3S. The molecule has 0 aliphatic carbocycles. The van der Waals surface area contributed by atoms with Gasteiger partial charge in [0.2, 0.25) is 0 Å². The van der Waals surface area contributed by atoms with Crippen molar-refractivity contribution in [3.05, 3.63) is 53.1 Å². The number of aryl methyl sites for hydroxylation is 2. The van der Waals surface area contributed by atoms with E-state index in [2.05, 4.69) is 6.92 Å². The number of methoxy groups -OCH3 is 1. The number of sulfonamides is 1. The summed E-state index contributed by atoms with van der Waals surface area (Å²) in [4.78, 5) is 0.333. The summed E-state index contributed by atoms with van der Waals surface area (Å²) in [6.07, 6.45) is 1.76. The van der Waals surface area contributed by atoms with Gasteiger partial charge >= 0.3 is 0 Å². The van der Waals surface area contributed by atoms with Crippen LogP contribution in [-0.2, 0) is 10.0 Å². The Bertz CT molecular complexity index is 873. The Morgan fingerprint density at radius 2 is 1.80 bits per heavy atom. The van der Waals surface area contributed by atoms with Crippen LogP contribution in [0, 0.1) is 13.8 Å². The minimum atomic E-state index is -3.59. The van der Waals surface area contributed by atoms with Crippen LogP contribution in [0.2, 0.25) is 0 Å². The van der Waals surface area contributed by atoms with E-state index in [0.717, 1.165) is 41.0 Å². The van der Waals surface area contributed by atoms with Gasteiger partial charge in [0.15, 0.2) is 0 Å². The van der Waals surface area contributed by atoms with Crippen molar-refractivity contribution in [3.63, 3.8) is 0 Å². The first kappa shape index (κ1) is 17.8. The van der Waals surface area contributed by atoms with Gasteiger partial charge < -0.3 is 4.74 Å². The Hall–Kier alpha value is -2.01. The highest BCUT2D eigenvalue weighted by Crippen LogP contribution is 2.45. The summed E-state index contributed by atoms with van der Waals surface area (Å²) >= 11 is 0. The first-order valence-electron chi connectivity index (χ1n) is 8.66. The zero-order valence-electron chi connectivity index (χ0n) is 15.2. The topological polar surface area (TPSA) is 46.6 Å². The van der Waals surface area contributed by atoms with Gasteiger partial charge in [-0.3, -0.25) is 4.31 Å². The predicted molar refractivity (Wildman–Crippen MR) is 101 cm³/mol. The van der Waals surface area contributed by atoms with Crippen molar-refractivity contribution in [3.8, 4) is 5.75 Å². The van der Waals surface area contributed by atoms with Gasteiger partial charge in [-0.25, -0.2) is 8.42 Å². The maximum atomic E-state index is 13.3. The molecule has 0 spiro atoms. The lowest BCUT2D eigenvalue weighted by Gasteiger charge is -2.36. The number of ether oxygens (including phenoxy) is 1. The normalized spacial score (nSPS) is 17.3. The quantitative estimate of drug-likeness (QED) is 0.812. The molecule has 0 saturated carbocycles. The summed E-state index contributed by atoms with van der Waals surface area (Å²) in [5.74, 6) is 1.10. The number of rotatable bonds is 4. The Labute approximate surface area is 150 Å². The summed E-state index contributed by atoms with van der Waals surface area (Å²) in [6.45, 7) is 6.55. The van der Waals surface area contributed by atoms with Gasteiger partial charge in [-0.2, -0.15) is 0 Å². The molecule has 0 fully saturated rings. The molecular weight excluding hydrogens is 334 g/mol. The number of fused-ring (bicyclic) bond motifs is 1. The molecule has 0 unspecified atom stereocenters. The molecule has 2 aromatic rings. The van der Waals surface area contributed by atoms with Crippen LogP contribution in [0.1, 0.15) is 42.4 Å². The van der Waals surface area contributed by atoms with Crippen molar-refractivity contribution in [2.24, 2.45) is 0 Å². The highest BCUT2D eigenvalue weighted by Gasteiger charge is 2.34. The van der Waals surface area contributed by atoms with Crippen molar-refractivity contribution >= 4 is 15.7 Å². The van der Waals surface area contributed by atoms with Crippen molar-refractivity contribution < 1.29 is 13.2 Å². The van der Waals surface area contributed by atoms with Crippen LogP contribution in [-0.4, -0.2) is 22.1 Å². The van der Waals surface area contributed by atoms with E-state index in [4.69, 9.17) is 4.74 Å². The van der Waals surface area contributed by atoms with E-state index in [9.17, 15) is 8.42 Å². The van der Waals surface area contributed by atoms with Gasteiger partial charge in [-0.1, -0.05) is 24.6 Å². The van der Waals surface area contributed by atoms with Crippen molar-refractivity contribution in [2.45, 2.75) is 44.4 Å². The average Bonchev–Trinajstić information content (AvgIpc) is 2.60. The van der Waals surface area contributed by atoms with Crippen molar-refractivity contribution in [1.29, 1.82) is 0 Å². The van der Waals surface area contributed by atoms with Crippen LogP contribution in [0.4, 0.5) is 5.69 Å². The summed E-state index contributed by atoms with van der Waals surface area (Å²) in [5.41, 5.74) is 3.81. The number of nitrogens with zero attached hydrogens (tertiary/aromatic N) is 1. The molecule has 2 aromatic carbocycles. The van der Waals surface area contributed by atoms with E-state index in [1.165, 1.54) is 0 Å². The van der Waals surface area contributed by atoms with E-state index in [1.54, 1.807) is 23.5 Å². The lowest BCUT2D eigenvalue weighted by atomic mass is 9.87. The fourth-order valence-corrected chi connectivity index (χ4v) is 5.05. The third kappa shape index (κ3) is 3.13. The number of hydrogen-bond donors (Lipinski definition) is 0. The molecule has 0 radical (unpaired) electrons. The van der Waals surface area contributed by atoms with Crippen LogP contribution >= 0.6 is 0 Å².